The van der Waals surface area contributed by atoms with Gasteiger partial charge in [-0.3, -0.25) is 0 Å². The van der Waals surface area contributed by atoms with Gasteiger partial charge in [0.2, 0.25) is 0 Å². The van der Waals surface area contributed by atoms with E-state index in [2.05, 4.69) is 32.1 Å². The minimum absolute atomic E-state index is 0.791. The Labute approximate surface area is 175 Å². The van der Waals surface area contributed by atoms with Crippen molar-refractivity contribution in [1.82, 2.24) is 0 Å². The lowest BCUT2D eigenvalue weighted by atomic mass is 9.79. The summed E-state index contributed by atoms with van der Waals surface area (Å²) in [5.41, 5.74) is 1.76. The van der Waals surface area contributed by atoms with E-state index in [9.17, 15) is 0 Å². The Morgan fingerprint density at radius 3 is 2.39 bits per heavy atom. The molecule has 1 aromatic carbocycles. The molecule has 2 rings (SSSR count). The quantitative estimate of drug-likeness (QED) is 0.217. The van der Waals surface area contributed by atoms with Crippen LogP contribution in [0.2, 0.25) is 0 Å². The summed E-state index contributed by atoms with van der Waals surface area (Å²) in [5, 5.41) is 0. The zero-order chi connectivity index (χ0) is 19.9. The van der Waals surface area contributed by atoms with Crippen LogP contribution in [0.25, 0.3) is 0 Å². The van der Waals surface area contributed by atoms with Crippen LogP contribution in [0.15, 0.2) is 42.0 Å². The van der Waals surface area contributed by atoms with Crippen LogP contribution in [0.4, 0.5) is 0 Å². The highest BCUT2D eigenvalue weighted by atomic mass is 16.5. The second-order valence-electron chi connectivity index (χ2n) is 8.77. The third kappa shape index (κ3) is 9.30. The Kier molecular flexibility index (Phi) is 12.1. The zero-order valence-corrected chi connectivity index (χ0v) is 18.6. The molecule has 1 aliphatic rings. The maximum atomic E-state index is 5.90. The second kappa shape index (κ2) is 14.7. The highest BCUT2D eigenvalue weighted by Gasteiger charge is 2.20. The third-order valence-electron chi connectivity index (χ3n) is 6.39. The van der Waals surface area contributed by atoms with E-state index in [1.54, 1.807) is 5.57 Å². The minimum Gasteiger partial charge on any atom is -0.494 e. The molecule has 0 fully saturated rings. The molecule has 1 aromatic rings. The molecule has 1 heteroatoms. The van der Waals surface area contributed by atoms with Crippen molar-refractivity contribution >= 4 is 0 Å². The summed E-state index contributed by atoms with van der Waals surface area (Å²) < 4.78 is 5.90. The fourth-order valence-electron chi connectivity index (χ4n) is 4.66. The van der Waals surface area contributed by atoms with Crippen LogP contribution >= 0.6 is 0 Å². The molecule has 158 valence electrons. The molecule has 0 bridgehead atoms. The van der Waals surface area contributed by atoms with Crippen molar-refractivity contribution in [3.8, 4) is 5.75 Å². The molecular formula is C27H44O. The van der Waals surface area contributed by atoms with Gasteiger partial charge < -0.3 is 4.74 Å². The molecule has 0 saturated heterocycles. The maximum absolute atomic E-state index is 5.90. The second-order valence-corrected chi connectivity index (χ2v) is 8.77. The minimum atomic E-state index is 0.791. The van der Waals surface area contributed by atoms with Gasteiger partial charge in [-0.25, -0.2) is 0 Å². The number of para-hydroxylation sites is 1. The fraction of sp³-hybridized carbons (Fsp3) is 0.704. The van der Waals surface area contributed by atoms with Crippen LogP contribution in [0.5, 0.6) is 5.75 Å². The van der Waals surface area contributed by atoms with E-state index in [1.165, 1.54) is 83.5 Å². The van der Waals surface area contributed by atoms with Crippen LogP contribution in [0.3, 0.4) is 0 Å². The van der Waals surface area contributed by atoms with Gasteiger partial charge in [-0.1, -0.05) is 95.1 Å². The summed E-state index contributed by atoms with van der Waals surface area (Å²) in [5.74, 6) is 2.75. The molecule has 1 nitrogen and oxygen atoms in total. The number of unbranched alkanes of at least 4 members (excludes halogenated alkanes) is 5. The van der Waals surface area contributed by atoms with Gasteiger partial charge in [-0.2, -0.15) is 0 Å². The molecular weight excluding hydrogens is 340 g/mol. The van der Waals surface area contributed by atoms with E-state index in [0.717, 1.165) is 30.6 Å². The van der Waals surface area contributed by atoms with Gasteiger partial charge in [0.15, 0.2) is 0 Å². The smallest absolute Gasteiger partial charge is 0.119 e. The number of hydrogen-bond acceptors (Lipinski definition) is 1. The highest BCUT2D eigenvalue weighted by molar-refractivity contribution is 5.20. The van der Waals surface area contributed by atoms with Crippen molar-refractivity contribution in [3.05, 3.63) is 42.0 Å². The summed E-state index contributed by atoms with van der Waals surface area (Å²) in [4.78, 5) is 0. The topological polar surface area (TPSA) is 9.23 Å². The normalized spacial score (nSPS) is 17.9. The van der Waals surface area contributed by atoms with Crippen LogP contribution in [0.1, 0.15) is 104 Å². The summed E-state index contributed by atoms with van der Waals surface area (Å²) in [6.07, 6.45) is 21.9. The Balaban J connectivity index is 1.65. The zero-order valence-electron chi connectivity index (χ0n) is 18.6. The van der Waals surface area contributed by atoms with Crippen molar-refractivity contribution in [1.29, 1.82) is 0 Å². The first-order valence-electron chi connectivity index (χ1n) is 12.2. The number of ether oxygens (including phenoxy) is 1. The van der Waals surface area contributed by atoms with Gasteiger partial charge in [0.05, 0.1) is 6.61 Å². The standard InChI is InChI=1S/C27H44O/c1-3-5-6-7-8-10-15-24-19-21-26(22-20-24)25(14-4-2)16-13-23-28-27-17-11-9-12-18-27/h9,11-12,17-18,21,24-25H,3-8,10,13-16,19-20,22-23H2,1-2H3. The van der Waals surface area contributed by atoms with Crippen molar-refractivity contribution in [2.75, 3.05) is 6.61 Å². The summed E-state index contributed by atoms with van der Waals surface area (Å²) in [6.45, 7) is 5.48. The molecule has 2 atom stereocenters. The van der Waals surface area contributed by atoms with E-state index in [-0.39, 0.29) is 0 Å². The molecule has 0 radical (unpaired) electrons. The lowest BCUT2D eigenvalue weighted by molar-refractivity contribution is 0.291. The van der Waals surface area contributed by atoms with Gasteiger partial charge in [-0.15, -0.1) is 0 Å². The van der Waals surface area contributed by atoms with Crippen LogP contribution in [0, 0.1) is 11.8 Å². The molecule has 0 heterocycles. The SMILES string of the molecule is CCCCCCCCC1CC=C(C(CCC)CCCOc2ccccc2)CC1. The summed E-state index contributed by atoms with van der Waals surface area (Å²) in [6, 6.07) is 10.2. The molecule has 0 saturated carbocycles. The van der Waals surface area contributed by atoms with Crippen molar-refractivity contribution in [2.45, 2.75) is 104 Å². The predicted molar refractivity (Wildman–Crippen MR) is 123 cm³/mol. The summed E-state index contributed by atoms with van der Waals surface area (Å²) >= 11 is 0. The highest BCUT2D eigenvalue weighted by Crippen LogP contribution is 2.34. The van der Waals surface area contributed by atoms with E-state index < -0.39 is 0 Å². The van der Waals surface area contributed by atoms with Crippen LogP contribution < -0.4 is 4.74 Å². The average Bonchev–Trinajstić information content (AvgIpc) is 2.74. The maximum Gasteiger partial charge on any atom is 0.119 e. The lowest BCUT2D eigenvalue weighted by Gasteiger charge is -2.27. The largest absolute Gasteiger partial charge is 0.494 e. The van der Waals surface area contributed by atoms with Crippen molar-refractivity contribution < 1.29 is 4.74 Å². The first-order valence-corrected chi connectivity index (χ1v) is 12.2. The lowest BCUT2D eigenvalue weighted by Crippen LogP contribution is -2.13. The first-order chi connectivity index (χ1) is 13.8. The Morgan fingerprint density at radius 1 is 0.893 bits per heavy atom. The number of hydrogen-bond donors (Lipinski definition) is 0. The molecule has 0 aromatic heterocycles. The molecule has 1 aliphatic carbocycles. The Bertz CT molecular complexity index is 518. The number of benzene rings is 1. The van der Waals surface area contributed by atoms with Gasteiger partial charge in [0, 0.05) is 0 Å². The van der Waals surface area contributed by atoms with Crippen molar-refractivity contribution in [2.24, 2.45) is 11.8 Å². The molecule has 0 N–H and O–H groups in total. The number of allylic oxidation sites excluding steroid dienone is 2. The third-order valence-corrected chi connectivity index (χ3v) is 6.39. The molecule has 0 spiro atoms. The fourth-order valence-corrected chi connectivity index (χ4v) is 4.66. The van der Waals surface area contributed by atoms with E-state index in [1.807, 2.05) is 18.2 Å². The Morgan fingerprint density at radius 2 is 1.68 bits per heavy atom. The van der Waals surface area contributed by atoms with Crippen LogP contribution in [-0.4, -0.2) is 6.61 Å². The first kappa shape index (κ1) is 23.0. The Hall–Kier alpha value is -1.24. The van der Waals surface area contributed by atoms with E-state index >= 15 is 0 Å². The van der Waals surface area contributed by atoms with Crippen molar-refractivity contribution in [3.63, 3.8) is 0 Å². The van der Waals surface area contributed by atoms with Crippen LogP contribution in [-0.2, 0) is 0 Å². The molecule has 0 aliphatic heterocycles. The van der Waals surface area contributed by atoms with Gasteiger partial charge in [-0.05, 0) is 62.5 Å². The average molecular weight is 385 g/mol. The molecule has 0 amide bonds. The van der Waals surface area contributed by atoms with E-state index in [0.29, 0.717) is 0 Å². The van der Waals surface area contributed by atoms with Gasteiger partial charge in [0.1, 0.15) is 5.75 Å². The monoisotopic (exact) mass is 384 g/mol. The summed E-state index contributed by atoms with van der Waals surface area (Å²) in [7, 11) is 0. The van der Waals surface area contributed by atoms with Gasteiger partial charge in [0.25, 0.3) is 0 Å². The van der Waals surface area contributed by atoms with E-state index in [4.69, 9.17) is 4.74 Å². The molecule has 2 unspecified atom stereocenters. The number of rotatable bonds is 15. The molecule has 28 heavy (non-hydrogen) atoms. The predicted octanol–water partition coefficient (Wildman–Crippen LogP) is 8.74. The van der Waals surface area contributed by atoms with Gasteiger partial charge >= 0.3 is 0 Å².